The first-order valence-corrected chi connectivity index (χ1v) is 12.7. The fourth-order valence-electron chi connectivity index (χ4n) is 3.47. The van der Waals surface area contributed by atoms with E-state index in [2.05, 4.69) is 22.4 Å². The van der Waals surface area contributed by atoms with Gasteiger partial charge in [0.2, 0.25) is 0 Å². The fraction of sp³-hybridized carbons (Fsp3) is 0.370. The van der Waals surface area contributed by atoms with E-state index in [1.165, 1.54) is 32.1 Å². The summed E-state index contributed by atoms with van der Waals surface area (Å²) < 4.78 is 11.4. The maximum Gasteiger partial charge on any atom is 0.271 e. The highest BCUT2D eigenvalue weighted by Gasteiger charge is 2.08. The average molecular weight is 480 g/mol. The second-order valence-electron chi connectivity index (χ2n) is 8.05. The second-order valence-corrected chi connectivity index (χ2v) is 9.12. The first-order valence-electron chi connectivity index (χ1n) is 11.8. The molecule has 3 rings (SSSR count). The largest absolute Gasteiger partial charge is 0.493 e. The minimum atomic E-state index is -0.275. The van der Waals surface area contributed by atoms with Crippen LogP contribution >= 0.6 is 11.3 Å². The van der Waals surface area contributed by atoms with Gasteiger partial charge in [0.1, 0.15) is 0 Å². The summed E-state index contributed by atoms with van der Waals surface area (Å²) in [4.78, 5) is 16.9. The molecule has 0 aliphatic rings. The SMILES string of the molecule is CCCCCCCCOc1ccc(/C=N/NC(=O)c2ccc(-c3csc(C)n3)cc2)cc1OC. The summed E-state index contributed by atoms with van der Waals surface area (Å²) in [6, 6.07) is 12.9. The van der Waals surface area contributed by atoms with Gasteiger partial charge in [0.05, 0.1) is 30.6 Å². The Morgan fingerprint density at radius 2 is 1.82 bits per heavy atom. The van der Waals surface area contributed by atoms with Gasteiger partial charge in [0.15, 0.2) is 11.5 Å². The summed E-state index contributed by atoms with van der Waals surface area (Å²) in [5, 5.41) is 7.11. The number of carbonyl (C=O) groups is 1. The number of amides is 1. The zero-order valence-electron chi connectivity index (χ0n) is 20.2. The highest BCUT2D eigenvalue weighted by molar-refractivity contribution is 7.09. The third-order valence-electron chi connectivity index (χ3n) is 5.38. The topological polar surface area (TPSA) is 72.8 Å². The molecule has 2 aromatic carbocycles. The molecule has 1 aromatic heterocycles. The number of nitrogens with one attached hydrogen (secondary N) is 1. The Bertz CT molecular complexity index is 1080. The summed E-state index contributed by atoms with van der Waals surface area (Å²) >= 11 is 1.60. The van der Waals surface area contributed by atoms with Crippen molar-refractivity contribution in [3.8, 4) is 22.8 Å². The quantitative estimate of drug-likeness (QED) is 0.170. The molecule has 1 amide bonds. The van der Waals surface area contributed by atoms with Gasteiger partial charge in [-0.1, -0.05) is 51.2 Å². The number of aryl methyl sites for hydroxylation is 1. The number of hydrazone groups is 1. The lowest BCUT2D eigenvalue weighted by atomic mass is 10.1. The molecule has 0 fully saturated rings. The molecule has 7 heteroatoms. The number of ether oxygens (including phenoxy) is 2. The van der Waals surface area contributed by atoms with E-state index in [1.807, 2.05) is 42.6 Å². The Morgan fingerprint density at radius 1 is 1.06 bits per heavy atom. The molecule has 0 atom stereocenters. The van der Waals surface area contributed by atoms with E-state index < -0.39 is 0 Å². The van der Waals surface area contributed by atoms with Crippen molar-refractivity contribution in [2.45, 2.75) is 52.4 Å². The predicted octanol–water partition coefficient (Wildman–Crippen LogP) is 6.63. The maximum atomic E-state index is 12.4. The van der Waals surface area contributed by atoms with Gasteiger partial charge < -0.3 is 9.47 Å². The van der Waals surface area contributed by atoms with Gasteiger partial charge in [-0.15, -0.1) is 11.3 Å². The third kappa shape index (κ3) is 7.70. The normalized spacial score (nSPS) is 11.0. The van der Waals surface area contributed by atoms with Crippen molar-refractivity contribution in [2.75, 3.05) is 13.7 Å². The van der Waals surface area contributed by atoms with Crippen LogP contribution in [0.25, 0.3) is 11.3 Å². The Morgan fingerprint density at radius 3 is 2.53 bits per heavy atom. The van der Waals surface area contributed by atoms with Crippen molar-refractivity contribution in [3.63, 3.8) is 0 Å². The van der Waals surface area contributed by atoms with E-state index in [0.717, 1.165) is 28.2 Å². The monoisotopic (exact) mass is 479 g/mol. The minimum absolute atomic E-state index is 0.275. The first kappa shape index (κ1) is 25.4. The second kappa shape index (κ2) is 13.5. The Hall–Kier alpha value is -3.19. The summed E-state index contributed by atoms with van der Waals surface area (Å²) in [5.41, 5.74) is 5.81. The van der Waals surface area contributed by atoms with Gasteiger partial charge in [-0.25, -0.2) is 10.4 Å². The summed E-state index contributed by atoms with van der Waals surface area (Å²) in [5.74, 6) is 1.09. The number of thiazole rings is 1. The van der Waals surface area contributed by atoms with Crippen molar-refractivity contribution in [1.29, 1.82) is 0 Å². The van der Waals surface area contributed by atoms with E-state index in [1.54, 1.807) is 36.8 Å². The van der Waals surface area contributed by atoms with Crippen LogP contribution < -0.4 is 14.9 Å². The number of benzene rings is 2. The Kier molecular flexibility index (Phi) is 10.1. The number of carbonyl (C=O) groups excluding carboxylic acids is 1. The Balaban J connectivity index is 1.49. The zero-order valence-corrected chi connectivity index (χ0v) is 21.0. The van der Waals surface area contributed by atoms with Crippen LogP contribution in [0.2, 0.25) is 0 Å². The van der Waals surface area contributed by atoms with Crippen LogP contribution in [-0.2, 0) is 0 Å². The molecule has 180 valence electrons. The molecule has 0 spiro atoms. The van der Waals surface area contributed by atoms with Crippen molar-refractivity contribution < 1.29 is 14.3 Å². The van der Waals surface area contributed by atoms with Gasteiger partial charge >= 0.3 is 0 Å². The average Bonchev–Trinajstić information content (AvgIpc) is 3.30. The molecule has 1 N–H and O–H groups in total. The highest BCUT2D eigenvalue weighted by Crippen LogP contribution is 2.28. The number of rotatable bonds is 13. The summed E-state index contributed by atoms with van der Waals surface area (Å²) in [6.07, 6.45) is 8.91. The summed E-state index contributed by atoms with van der Waals surface area (Å²) in [7, 11) is 1.62. The van der Waals surface area contributed by atoms with Gasteiger partial charge in [-0.2, -0.15) is 5.10 Å². The number of aromatic nitrogens is 1. The van der Waals surface area contributed by atoms with Crippen LogP contribution in [0.1, 0.15) is 66.4 Å². The number of methoxy groups -OCH3 is 1. The predicted molar refractivity (Wildman–Crippen MR) is 139 cm³/mol. The molecule has 0 saturated heterocycles. The van der Waals surface area contributed by atoms with Crippen molar-refractivity contribution in [3.05, 3.63) is 64.0 Å². The number of hydrogen-bond donors (Lipinski definition) is 1. The standard InChI is InChI=1S/C27H33N3O3S/c1-4-5-6-7-8-9-16-33-25-15-10-21(17-26(25)32-3)18-28-30-27(31)23-13-11-22(12-14-23)24-19-34-20(2)29-24/h10-15,17-19H,4-9,16H2,1-3H3,(H,30,31)/b28-18+. The molecule has 6 nitrogen and oxygen atoms in total. The third-order valence-corrected chi connectivity index (χ3v) is 6.16. The van der Waals surface area contributed by atoms with E-state index >= 15 is 0 Å². The van der Waals surface area contributed by atoms with Crippen LogP contribution in [-0.4, -0.2) is 30.8 Å². The van der Waals surface area contributed by atoms with Gasteiger partial charge in [0.25, 0.3) is 5.91 Å². The molecule has 0 saturated carbocycles. The first-order chi connectivity index (χ1) is 16.6. The lowest BCUT2D eigenvalue weighted by Crippen LogP contribution is -2.17. The maximum absolute atomic E-state index is 12.4. The van der Waals surface area contributed by atoms with Gasteiger partial charge in [-0.05, 0) is 49.2 Å². The molecular weight excluding hydrogens is 446 g/mol. The van der Waals surface area contributed by atoms with E-state index in [4.69, 9.17) is 9.47 Å². The highest BCUT2D eigenvalue weighted by atomic mass is 32.1. The number of nitrogens with zero attached hydrogens (tertiary/aromatic N) is 2. The molecule has 0 bridgehead atoms. The molecule has 34 heavy (non-hydrogen) atoms. The van der Waals surface area contributed by atoms with Crippen LogP contribution in [0.15, 0.2) is 52.9 Å². The number of hydrogen-bond acceptors (Lipinski definition) is 6. The molecule has 0 radical (unpaired) electrons. The van der Waals surface area contributed by atoms with E-state index in [0.29, 0.717) is 23.7 Å². The van der Waals surface area contributed by atoms with Crippen LogP contribution in [0.3, 0.4) is 0 Å². The van der Waals surface area contributed by atoms with Crippen LogP contribution in [0.5, 0.6) is 11.5 Å². The van der Waals surface area contributed by atoms with E-state index in [-0.39, 0.29) is 5.91 Å². The van der Waals surface area contributed by atoms with Gasteiger partial charge in [-0.3, -0.25) is 4.79 Å². The molecule has 0 aliphatic heterocycles. The van der Waals surface area contributed by atoms with E-state index in [9.17, 15) is 4.79 Å². The fourth-order valence-corrected chi connectivity index (χ4v) is 4.09. The Labute approximate surface area is 206 Å². The zero-order chi connectivity index (χ0) is 24.2. The lowest BCUT2D eigenvalue weighted by Gasteiger charge is -2.11. The minimum Gasteiger partial charge on any atom is -0.493 e. The van der Waals surface area contributed by atoms with Crippen molar-refractivity contribution in [1.82, 2.24) is 10.4 Å². The molecule has 3 aromatic rings. The molecule has 1 heterocycles. The number of unbranched alkanes of at least 4 members (excludes halogenated alkanes) is 5. The van der Waals surface area contributed by atoms with Crippen molar-refractivity contribution in [2.24, 2.45) is 5.10 Å². The molecule has 0 unspecified atom stereocenters. The molecular formula is C27H33N3O3S. The summed E-state index contributed by atoms with van der Waals surface area (Å²) in [6.45, 7) is 4.87. The lowest BCUT2D eigenvalue weighted by molar-refractivity contribution is 0.0955. The van der Waals surface area contributed by atoms with Crippen LogP contribution in [0.4, 0.5) is 0 Å². The molecule has 0 aliphatic carbocycles. The van der Waals surface area contributed by atoms with Crippen molar-refractivity contribution >= 4 is 23.5 Å². The smallest absolute Gasteiger partial charge is 0.271 e. The van der Waals surface area contributed by atoms with Gasteiger partial charge in [0, 0.05) is 16.5 Å². The van der Waals surface area contributed by atoms with Crippen LogP contribution in [0, 0.1) is 6.92 Å².